The number of fused-ring (bicyclic) bond motifs is 1. The zero-order valence-electron chi connectivity index (χ0n) is 20.3. The van der Waals surface area contributed by atoms with E-state index in [1.54, 1.807) is 0 Å². The lowest BCUT2D eigenvalue weighted by atomic mass is 9.85. The first kappa shape index (κ1) is 25.1. The van der Waals surface area contributed by atoms with Gasteiger partial charge in [0, 0.05) is 17.0 Å². The van der Waals surface area contributed by atoms with E-state index < -0.39 is 0 Å². The van der Waals surface area contributed by atoms with E-state index >= 15 is 0 Å². The third kappa shape index (κ3) is 6.55. The quantitative estimate of drug-likeness (QED) is 0.373. The Morgan fingerprint density at radius 1 is 1.00 bits per heavy atom. The maximum atomic E-state index is 12.3. The van der Waals surface area contributed by atoms with Gasteiger partial charge in [0.15, 0.2) is 6.61 Å². The minimum Gasteiger partial charge on any atom is -0.484 e. The summed E-state index contributed by atoms with van der Waals surface area (Å²) in [6.45, 7) is 2.01. The van der Waals surface area contributed by atoms with Crippen molar-refractivity contribution in [2.75, 3.05) is 13.7 Å². The molecule has 1 amide bonds. The number of halogens is 1. The molecule has 1 fully saturated rings. The molecule has 0 saturated heterocycles. The van der Waals surface area contributed by atoms with Crippen LogP contribution in [-0.2, 0) is 14.3 Å². The molecule has 1 saturated carbocycles. The molecule has 0 radical (unpaired) electrons. The second-order valence-corrected chi connectivity index (χ2v) is 9.73. The number of methoxy groups -OCH3 is 1. The zero-order valence-corrected chi connectivity index (χ0v) is 21.1. The number of carbonyl (C=O) groups is 2. The number of ether oxygens (including phenoxy) is 2. The molecule has 1 aliphatic carbocycles. The van der Waals surface area contributed by atoms with Crippen molar-refractivity contribution in [3.8, 4) is 5.75 Å². The molecule has 6 heteroatoms. The Labute approximate surface area is 211 Å². The molecule has 3 aromatic rings. The SMILES string of the molecule is COC(=O)CC(c1ccc2ccc(OCC(=O)NC3CCCCC3)cc2c1)c1cc(Cl)ccc1C. The highest BCUT2D eigenvalue weighted by atomic mass is 35.5. The summed E-state index contributed by atoms with van der Waals surface area (Å²) in [5.74, 6) is 0.0733. The highest BCUT2D eigenvalue weighted by Crippen LogP contribution is 2.34. The van der Waals surface area contributed by atoms with Crippen LogP contribution in [0.2, 0.25) is 5.02 Å². The molecular formula is C29H32ClNO4. The first-order valence-corrected chi connectivity index (χ1v) is 12.6. The van der Waals surface area contributed by atoms with Gasteiger partial charge in [-0.15, -0.1) is 0 Å². The normalized spacial score (nSPS) is 14.9. The van der Waals surface area contributed by atoms with Crippen molar-refractivity contribution in [3.05, 3.63) is 76.3 Å². The van der Waals surface area contributed by atoms with Gasteiger partial charge in [-0.25, -0.2) is 0 Å². The summed E-state index contributed by atoms with van der Waals surface area (Å²) >= 11 is 6.29. The van der Waals surface area contributed by atoms with Crippen molar-refractivity contribution in [1.29, 1.82) is 0 Å². The van der Waals surface area contributed by atoms with Crippen LogP contribution in [0.25, 0.3) is 10.8 Å². The Morgan fingerprint density at radius 2 is 1.77 bits per heavy atom. The van der Waals surface area contributed by atoms with Crippen LogP contribution in [-0.4, -0.2) is 31.6 Å². The average molecular weight is 494 g/mol. The van der Waals surface area contributed by atoms with E-state index in [0.717, 1.165) is 40.3 Å². The summed E-state index contributed by atoms with van der Waals surface area (Å²) in [4.78, 5) is 24.6. The van der Waals surface area contributed by atoms with E-state index in [1.165, 1.54) is 26.4 Å². The van der Waals surface area contributed by atoms with Crippen molar-refractivity contribution >= 4 is 34.2 Å². The van der Waals surface area contributed by atoms with E-state index in [4.69, 9.17) is 21.1 Å². The summed E-state index contributed by atoms with van der Waals surface area (Å²) in [5, 5.41) is 5.73. The number of rotatable bonds is 8. The van der Waals surface area contributed by atoms with Gasteiger partial charge in [0.05, 0.1) is 13.5 Å². The zero-order chi connectivity index (χ0) is 24.8. The van der Waals surface area contributed by atoms with Gasteiger partial charge in [0.1, 0.15) is 5.75 Å². The largest absolute Gasteiger partial charge is 0.484 e. The van der Waals surface area contributed by atoms with Crippen molar-refractivity contribution in [3.63, 3.8) is 0 Å². The maximum absolute atomic E-state index is 12.3. The predicted molar refractivity (Wildman–Crippen MR) is 139 cm³/mol. The Morgan fingerprint density at radius 3 is 2.54 bits per heavy atom. The Kier molecular flexibility index (Phi) is 8.29. The van der Waals surface area contributed by atoms with E-state index in [1.807, 2.05) is 55.5 Å². The molecule has 3 aromatic carbocycles. The number of nitrogens with one attached hydrogen (secondary N) is 1. The lowest BCUT2D eigenvalue weighted by Gasteiger charge is -2.22. The summed E-state index contributed by atoms with van der Waals surface area (Å²) in [7, 11) is 1.40. The molecular weight excluding hydrogens is 462 g/mol. The number of aryl methyl sites for hydroxylation is 1. The van der Waals surface area contributed by atoms with Gasteiger partial charge >= 0.3 is 5.97 Å². The fraction of sp³-hybridized carbons (Fsp3) is 0.379. The van der Waals surface area contributed by atoms with E-state index in [9.17, 15) is 9.59 Å². The maximum Gasteiger partial charge on any atom is 0.306 e. The van der Waals surface area contributed by atoms with Crippen LogP contribution >= 0.6 is 11.6 Å². The number of carbonyl (C=O) groups excluding carboxylic acids is 2. The van der Waals surface area contributed by atoms with Crippen LogP contribution in [0.4, 0.5) is 0 Å². The van der Waals surface area contributed by atoms with E-state index in [-0.39, 0.29) is 36.9 Å². The van der Waals surface area contributed by atoms with Gasteiger partial charge in [-0.1, -0.05) is 61.2 Å². The number of amides is 1. The molecule has 1 N–H and O–H groups in total. The molecule has 0 bridgehead atoms. The molecule has 1 atom stereocenters. The van der Waals surface area contributed by atoms with Gasteiger partial charge < -0.3 is 14.8 Å². The molecule has 5 nitrogen and oxygen atoms in total. The van der Waals surface area contributed by atoms with Gasteiger partial charge in [-0.05, 0) is 71.5 Å². The Balaban J connectivity index is 1.55. The van der Waals surface area contributed by atoms with Crippen molar-refractivity contribution < 1.29 is 19.1 Å². The summed E-state index contributed by atoms with van der Waals surface area (Å²) < 4.78 is 10.8. The second-order valence-electron chi connectivity index (χ2n) is 9.29. The topological polar surface area (TPSA) is 64.6 Å². The van der Waals surface area contributed by atoms with Gasteiger partial charge in [-0.2, -0.15) is 0 Å². The Bertz CT molecular complexity index is 1200. The van der Waals surface area contributed by atoms with Crippen LogP contribution in [0.5, 0.6) is 5.75 Å². The fourth-order valence-electron chi connectivity index (χ4n) is 4.86. The molecule has 0 spiro atoms. The second kappa shape index (κ2) is 11.6. The average Bonchev–Trinajstić information content (AvgIpc) is 2.87. The summed E-state index contributed by atoms with van der Waals surface area (Å²) in [6.07, 6.45) is 5.89. The molecule has 1 unspecified atom stereocenters. The lowest BCUT2D eigenvalue weighted by Crippen LogP contribution is -2.38. The molecule has 0 aromatic heterocycles. The van der Waals surface area contributed by atoms with Crippen LogP contribution < -0.4 is 10.1 Å². The molecule has 184 valence electrons. The minimum absolute atomic E-state index is 0.00558. The van der Waals surface area contributed by atoms with Crippen LogP contribution in [0.1, 0.15) is 61.1 Å². The standard InChI is InChI=1S/C29H32ClNO4/c1-19-8-12-23(30)16-26(19)27(17-29(33)34-2)21-10-9-20-11-13-25(15-22(20)14-21)35-18-28(32)31-24-6-4-3-5-7-24/h8-16,24,27H,3-7,17-18H2,1-2H3,(H,31,32). The highest BCUT2D eigenvalue weighted by molar-refractivity contribution is 6.30. The lowest BCUT2D eigenvalue weighted by molar-refractivity contribution is -0.140. The Hall–Kier alpha value is -3.05. The minimum atomic E-state index is -0.282. The number of hydrogen-bond acceptors (Lipinski definition) is 4. The first-order chi connectivity index (χ1) is 16.9. The fourth-order valence-corrected chi connectivity index (χ4v) is 5.04. The smallest absolute Gasteiger partial charge is 0.306 e. The van der Waals surface area contributed by atoms with Gasteiger partial charge in [-0.3, -0.25) is 9.59 Å². The van der Waals surface area contributed by atoms with Crippen molar-refractivity contribution in [1.82, 2.24) is 5.32 Å². The third-order valence-corrected chi connectivity index (χ3v) is 7.03. The first-order valence-electron chi connectivity index (χ1n) is 12.2. The number of esters is 1. The number of hydrogen-bond donors (Lipinski definition) is 1. The molecule has 0 aliphatic heterocycles. The molecule has 0 heterocycles. The van der Waals surface area contributed by atoms with Gasteiger partial charge in [0.25, 0.3) is 5.91 Å². The molecule has 4 rings (SSSR count). The van der Waals surface area contributed by atoms with Gasteiger partial charge in [0.2, 0.25) is 0 Å². The van der Waals surface area contributed by atoms with E-state index in [2.05, 4.69) is 11.4 Å². The summed E-state index contributed by atoms with van der Waals surface area (Å²) in [6, 6.07) is 17.9. The van der Waals surface area contributed by atoms with Crippen LogP contribution in [0.15, 0.2) is 54.6 Å². The summed E-state index contributed by atoms with van der Waals surface area (Å²) in [5.41, 5.74) is 3.04. The predicted octanol–water partition coefficient (Wildman–Crippen LogP) is 6.32. The third-order valence-electron chi connectivity index (χ3n) is 6.79. The van der Waals surface area contributed by atoms with Crippen molar-refractivity contribution in [2.24, 2.45) is 0 Å². The highest BCUT2D eigenvalue weighted by Gasteiger charge is 2.21. The van der Waals surface area contributed by atoms with Crippen LogP contribution in [0, 0.1) is 6.92 Å². The van der Waals surface area contributed by atoms with E-state index in [0.29, 0.717) is 10.8 Å². The molecule has 1 aliphatic rings. The van der Waals surface area contributed by atoms with Crippen LogP contribution in [0.3, 0.4) is 0 Å². The van der Waals surface area contributed by atoms with Crippen molar-refractivity contribution in [2.45, 2.75) is 57.4 Å². The molecule has 35 heavy (non-hydrogen) atoms. The number of benzene rings is 3. The monoisotopic (exact) mass is 493 g/mol.